The summed E-state index contributed by atoms with van der Waals surface area (Å²) in [5.74, 6) is -0.238. The van der Waals surface area contributed by atoms with Crippen LogP contribution in [0.2, 0.25) is 0 Å². The first-order valence-corrected chi connectivity index (χ1v) is 4.16. The Morgan fingerprint density at radius 1 is 1.71 bits per heavy atom. The molecule has 4 nitrogen and oxygen atoms in total. The van der Waals surface area contributed by atoms with Gasteiger partial charge in [-0.05, 0) is 6.92 Å². The van der Waals surface area contributed by atoms with E-state index in [4.69, 9.17) is 0 Å². The standard InChI is InChI=1S/C10H11N3O/c1-3-4-10(14)13-8(2)9-7-11-5-6-12-9/h4-8H,1H2,2H3,(H,13,14)/t8-/m1/s1. The van der Waals surface area contributed by atoms with Gasteiger partial charge in [-0.1, -0.05) is 6.58 Å². The molecule has 1 aromatic heterocycles. The van der Waals surface area contributed by atoms with E-state index >= 15 is 0 Å². The minimum Gasteiger partial charge on any atom is -0.344 e. The zero-order valence-corrected chi connectivity index (χ0v) is 7.90. The van der Waals surface area contributed by atoms with E-state index in [2.05, 4.69) is 27.6 Å². The zero-order chi connectivity index (χ0) is 10.4. The number of rotatable bonds is 3. The van der Waals surface area contributed by atoms with Crippen molar-refractivity contribution >= 4 is 5.91 Å². The first-order chi connectivity index (χ1) is 6.74. The van der Waals surface area contributed by atoms with Crippen LogP contribution in [0, 0.1) is 0 Å². The van der Waals surface area contributed by atoms with Crippen LogP contribution in [-0.4, -0.2) is 15.9 Å². The lowest BCUT2D eigenvalue weighted by molar-refractivity contribution is -0.117. The van der Waals surface area contributed by atoms with E-state index in [0.717, 1.165) is 5.69 Å². The maximum Gasteiger partial charge on any atom is 0.252 e. The van der Waals surface area contributed by atoms with E-state index in [0.29, 0.717) is 0 Å². The van der Waals surface area contributed by atoms with Gasteiger partial charge in [0.05, 0.1) is 17.9 Å². The Bertz CT molecular complexity index is 355. The number of carbonyl (C=O) groups excluding carboxylic acids is 1. The second kappa shape index (κ2) is 4.94. The number of hydrogen-bond acceptors (Lipinski definition) is 3. The smallest absolute Gasteiger partial charge is 0.252 e. The highest BCUT2D eigenvalue weighted by atomic mass is 16.1. The molecule has 0 aliphatic carbocycles. The van der Waals surface area contributed by atoms with Gasteiger partial charge in [-0.2, -0.15) is 0 Å². The quantitative estimate of drug-likeness (QED) is 0.570. The fourth-order valence-electron chi connectivity index (χ4n) is 0.956. The van der Waals surface area contributed by atoms with Gasteiger partial charge >= 0.3 is 0 Å². The number of amides is 1. The van der Waals surface area contributed by atoms with Crippen molar-refractivity contribution in [3.63, 3.8) is 0 Å². The van der Waals surface area contributed by atoms with Crippen LogP contribution >= 0.6 is 0 Å². The second-order valence-corrected chi connectivity index (χ2v) is 2.71. The van der Waals surface area contributed by atoms with Gasteiger partial charge in [0, 0.05) is 18.5 Å². The molecule has 0 unspecified atom stereocenters. The molecule has 0 aromatic carbocycles. The van der Waals surface area contributed by atoms with Crippen molar-refractivity contribution in [2.75, 3.05) is 0 Å². The number of carbonyl (C=O) groups is 1. The molecule has 72 valence electrons. The average molecular weight is 189 g/mol. The van der Waals surface area contributed by atoms with Crippen LogP contribution in [0.5, 0.6) is 0 Å². The molecule has 0 fully saturated rings. The molecule has 0 aliphatic heterocycles. The first-order valence-electron chi connectivity index (χ1n) is 4.16. The predicted octanol–water partition coefficient (Wildman–Crippen LogP) is 0.995. The number of nitrogens with one attached hydrogen (secondary N) is 1. The molecule has 1 atom stereocenters. The molecule has 0 radical (unpaired) electrons. The van der Waals surface area contributed by atoms with Gasteiger partial charge in [0.25, 0.3) is 5.91 Å². The molecule has 0 spiro atoms. The van der Waals surface area contributed by atoms with Crippen LogP contribution in [0.25, 0.3) is 0 Å². The fraction of sp³-hybridized carbons (Fsp3) is 0.200. The summed E-state index contributed by atoms with van der Waals surface area (Å²) in [4.78, 5) is 19.1. The highest BCUT2D eigenvalue weighted by molar-refractivity contribution is 5.87. The summed E-state index contributed by atoms with van der Waals surface area (Å²) in [7, 11) is 0. The molecule has 4 heteroatoms. The summed E-state index contributed by atoms with van der Waals surface area (Å²) in [6.07, 6.45) is 6.03. The van der Waals surface area contributed by atoms with Crippen LogP contribution in [0.1, 0.15) is 18.7 Å². The first kappa shape index (κ1) is 10.2. The van der Waals surface area contributed by atoms with Crippen LogP contribution in [0.3, 0.4) is 0 Å². The van der Waals surface area contributed by atoms with Crippen LogP contribution in [-0.2, 0) is 4.79 Å². The second-order valence-electron chi connectivity index (χ2n) is 2.71. The van der Waals surface area contributed by atoms with Crippen molar-refractivity contribution in [3.8, 4) is 0 Å². The molecule has 1 amide bonds. The monoisotopic (exact) mass is 189 g/mol. The topological polar surface area (TPSA) is 54.9 Å². The molecule has 0 saturated carbocycles. The van der Waals surface area contributed by atoms with Crippen molar-refractivity contribution in [1.82, 2.24) is 15.3 Å². The summed E-state index contributed by atoms with van der Waals surface area (Å²) in [5.41, 5.74) is 3.12. The highest BCUT2D eigenvalue weighted by Crippen LogP contribution is 2.05. The third-order valence-corrected chi connectivity index (χ3v) is 1.62. The van der Waals surface area contributed by atoms with Crippen LogP contribution in [0.4, 0.5) is 0 Å². The van der Waals surface area contributed by atoms with E-state index in [1.165, 1.54) is 6.08 Å². The minimum atomic E-state index is -0.238. The Labute approximate surface area is 82.4 Å². The Balaban J connectivity index is 2.63. The zero-order valence-electron chi connectivity index (χ0n) is 7.90. The Hall–Kier alpha value is -1.93. The van der Waals surface area contributed by atoms with Gasteiger partial charge < -0.3 is 5.32 Å². The molecule has 0 bridgehead atoms. The van der Waals surface area contributed by atoms with Gasteiger partial charge in [0.2, 0.25) is 0 Å². The van der Waals surface area contributed by atoms with Gasteiger partial charge in [-0.25, -0.2) is 0 Å². The SMILES string of the molecule is C=C=CC(=O)N[C@H](C)c1cnccn1. The van der Waals surface area contributed by atoms with Crippen LogP contribution < -0.4 is 5.32 Å². The highest BCUT2D eigenvalue weighted by Gasteiger charge is 2.07. The Morgan fingerprint density at radius 3 is 3.07 bits per heavy atom. The lowest BCUT2D eigenvalue weighted by Gasteiger charge is -2.10. The molecule has 0 aliphatic rings. The molecule has 1 aromatic rings. The van der Waals surface area contributed by atoms with Crippen molar-refractivity contribution in [3.05, 3.63) is 42.7 Å². The van der Waals surface area contributed by atoms with E-state index in [9.17, 15) is 4.79 Å². The minimum absolute atomic E-state index is 0.166. The van der Waals surface area contributed by atoms with Gasteiger partial charge in [0.15, 0.2) is 0 Å². The van der Waals surface area contributed by atoms with Gasteiger partial charge in [-0.3, -0.25) is 14.8 Å². The Kier molecular flexibility index (Phi) is 3.58. The van der Waals surface area contributed by atoms with Crippen molar-refractivity contribution in [2.24, 2.45) is 0 Å². The van der Waals surface area contributed by atoms with E-state index in [1.807, 2.05) is 6.92 Å². The number of nitrogens with zero attached hydrogens (tertiary/aromatic N) is 2. The molecule has 14 heavy (non-hydrogen) atoms. The van der Waals surface area contributed by atoms with E-state index < -0.39 is 0 Å². The number of hydrogen-bond donors (Lipinski definition) is 1. The maximum atomic E-state index is 11.1. The molecule has 1 rings (SSSR count). The molecular weight excluding hydrogens is 178 g/mol. The van der Waals surface area contributed by atoms with E-state index in [1.54, 1.807) is 18.6 Å². The third kappa shape index (κ3) is 2.84. The van der Waals surface area contributed by atoms with Crippen LogP contribution in [0.15, 0.2) is 37.0 Å². The molecule has 1 heterocycles. The maximum absolute atomic E-state index is 11.1. The average Bonchev–Trinajstić information content (AvgIpc) is 2.19. The molecule has 1 N–H and O–H groups in total. The van der Waals surface area contributed by atoms with E-state index in [-0.39, 0.29) is 11.9 Å². The summed E-state index contributed by atoms with van der Waals surface area (Å²) >= 11 is 0. The Morgan fingerprint density at radius 2 is 2.50 bits per heavy atom. The van der Waals surface area contributed by atoms with Crippen molar-refractivity contribution in [1.29, 1.82) is 0 Å². The summed E-state index contributed by atoms with van der Waals surface area (Å²) in [6, 6.07) is -0.166. The fourth-order valence-corrected chi connectivity index (χ4v) is 0.956. The summed E-state index contributed by atoms with van der Waals surface area (Å²) < 4.78 is 0. The lowest BCUT2D eigenvalue weighted by Crippen LogP contribution is -2.25. The lowest BCUT2D eigenvalue weighted by atomic mass is 10.2. The largest absolute Gasteiger partial charge is 0.344 e. The van der Waals surface area contributed by atoms with Gasteiger partial charge in [0.1, 0.15) is 0 Å². The number of aromatic nitrogens is 2. The van der Waals surface area contributed by atoms with Gasteiger partial charge in [-0.15, -0.1) is 5.73 Å². The van der Waals surface area contributed by atoms with Crippen molar-refractivity contribution < 1.29 is 4.79 Å². The molecule has 0 saturated heterocycles. The third-order valence-electron chi connectivity index (χ3n) is 1.62. The summed E-state index contributed by atoms with van der Waals surface area (Å²) in [6.45, 7) is 5.14. The summed E-state index contributed by atoms with van der Waals surface area (Å²) in [5, 5.41) is 2.70. The van der Waals surface area contributed by atoms with Crippen molar-refractivity contribution in [2.45, 2.75) is 13.0 Å². The molecular formula is C10H11N3O. The predicted molar refractivity (Wildman–Crippen MR) is 52.3 cm³/mol. The normalized spacial score (nSPS) is 11.2.